The van der Waals surface area contributed by atoms with Gasteiger partial charge in [-0.15, -0.1) is 0 Å². The first-order chi connectivity index (χ1) is 10.3. The van der Waals surface area contributed by atoms with Crippen LogP contribution in [0.25, 0.3) is 0 Å². The average Bonchev–Trinajstić information content (AvgIpc) is 2.38. The van der Waals surface area contributed by atoms with Gasteiger partial charge in [0, 0.05) is 31.3 Å². The van der Waals surface area contributed by atoms with Crippen LogP contribution in [0.5, 0.6) is 5.75 Å². The molecule has 2 rings (SSSR count). The van der Waals surface area contributed by atoms with E-state index in [2.05, 4.69) is 23.5 Å². The highest BCUT2D eigenvalue weighted by atomic mass is 19.3. The molecule has 5 nitrogen and oxygen atoms in total. The number of hydrogen-bond acceptors (Lipinski definition) is 4. The first-order valence-electron chi connectivity index (χ1n) is 7.29. The molecule has 0 aliphatic carbocycles. The molecule has 0 bridgehead atoms. The number of alkyl halides is 2. The highest BCUT2D eigenvalue weighted by Gasteiger charge is 2.24. The Morgan fingerprint density at radius 3 is 2.55 bits per heavy atom. The van der Waals surface area contributed by atoms with Gasteiger partial charge in [-0.25, -0.2) is 0 Å². The fourth-order valence-electron chi connectivity index (χ4n) is 3.16. The van der Waals surface area contributed by atoms with Crippen molar-refractivity contribution in [2.75, 3.05) is 13.1 Å². The summed E-state index contributed by atoms with van der Waals surface area (Å²) in [6, 6.07) is 3.89. The van der Waals surface area contributed by atoms with E-state index in [0.29, 0.717) is 23.9 Å². The molecule has 122 valence electrons. The van der Waals surface area contributed by atoms with Gasteiger partial charge in [0.2, 0.25) is 0 Å². The number of likely N-dealkylation sites (tertiary alicyclic amines) is 1. The summed E-state index contributed by atoms with van der Waals surface area (Å²) < 4.78 is 29.5. The molecule has 1 saturated heterocycles. The van der Waals surface area contributed by atoms with Gasteiger partial charge in [-0.3, -0.25) is 15.0 Å². The van der Waals surface area contributed by atoms with Crippen LogP contribution in [0.15, 0.2) is 18.2 Å². The monoisotopic (exact) mass is 314 g/mol. The molecule has 2 atom stereocenters. The molecule has 1 aliphatic heterocycles. The minimum absolute atomic E-state index is 0.116. The smallest absolute Gasteiger partial charge is 0.387 e. The summed E-state index contributed by atoms with van der Waals surface area (Å²) in [7, 11) is 0. The number of rotatable bonds is 5. The number of nitro benzene ring substituents is 1. The lowest BCUT2D eigenvalue weighted by molar-refractivity contribution is -0.385. The van der Waals surface area contributed by atoms with Gasteiger partial charge in [0.15, 0.2) is 0 Å². The zero-order chi connectivity index (χ0) is 16.3. The van der Waals surface area contributed by atoms with Crippen molar-refractivity contribution in [3.63, 3.8) is 0 Å². The number of piperidine rings is 1. The van der Waals surface area contributed by atoms with Gasteiger partial charge in [0.1, 0.15) is 5.75 Å². The van der Waals surface area contributed by atoms with E-state index in [4.69, 9.17) is 0 Å². The van der Waals surface area contributed by atoms with E-state index in [0.717, 1.165) is 25.6 Å². The van der Waals surface area contributed by atoms with Crippen LogP contribution in [0.2, 0.25) is 0 Å². The minimum Gasteiger partial charge on any atom is -0.434 e. The number of nitro groups is 1. The largest absolute Gasteiger partial charge is 0.434 e. The van der Waals surface area contributed by atoms with Gasteiger partial charge in [-0.2, -0.15) is 8.78 Å². The maximum absolute atomic E-state index is 12.5. The maximum Gasteiger partial charge on any atom is 0.387 e. The summed E-state index contributed by atoms with van der Waals surface area (Å²) >= 11 is 0. The quantitative estimate of drug-likeness (QED) is 0.614. The molecule has 7 heteroatoms. The molecule has 1 aromatic carbocycles. The third-order valence-corrected chi connectivity index (χ3v) is 3.82. The summed E-state index contributed by atoms with van der Waals surface area (Å²) in [6.45, 7) is 3.55. The molecule has 0 saturated carbocycles. The molecular weight excluding hydrogens is 294 g/mol. The predicted octanol–water partition coefficient (Wildman–Crippen LogP) is 3.67. The van der Waals surface area contributed by atoms with Crippen molar-refractivity contribution in [2.45, 2.75) is 33.4 Å². The molecule has 1 aromatic rings. The Morgan fingerprint density at radius 2 is 2.00 bits per heavy atom. The Balaban J connectivity index is 2.19. The van der Waals surface area contributed by atoms with E-state index in [1.807, 2.05) is 0 Å². The fraction of sp³-hybridized carbons (Fsp3) is 0.600. The highest BCUT2D eigenvalue weighted by molar-refractivity contribution is 5.44. The van der Waals surface area contributed by atoms with Gasteiger partial charge in [0.05, 0.1) is 11.0 Å². The number of ether oxygens (including phenoxy) is 1. The van der Waals surface area contributed by atoms with Crippen LogP contribution in [0, 0.1) is 22.0 Å². The van der Waals surface area contributed by atoms with Crippen molar-refractivity contribution in [1.82, 2.24) is 4.90 Å². The number of halogens is 2. The molecule has 0 amide bonds. The van der Waals surface area contributed by atoms with Gasteiger partial charge in [-0.05, 0) is 24.3 Å². The van der Waals surface area contributed by atoms with Crippen molar-refractivity contribution in [3.05, 3.63) is 33.9 Å². The van der Waals surface area contributed by atoms with Crippen molar-refractivity contribution in [2.24, 2.45) is 11.8 Å². The molecule has 1 aliphatic rings. The Kier molecular flexibility index (Phi) is 5.28. The van der Waals surface area contributed by atoms with Gasteiger partial charge in [-0.1, -0.05) is 13.8 Å². The molecule has 0 N–H and O–H groups in total. The average molecular weight is 314 g/mol. The first kappa shape index (κ1) is 16.6. The van der Waals surface area contributed by atoms with E-state index in [9.17, 15) is 18.9 Å². The zero-order valence-corrected chi connectivity index (χ0v) is 12.7. The minimum atomic E-state index is -3.00. The van der Waals surface area contributed by atoms with Crippen LogP contribution >= 0.6 is 0 Å². The van der Waals surface area contributed by atoms with Crippen LogP contribution in [0.3, 0.4) is 0 Å². The van der Waals surface area contributed by atoms with Crippen LogP contribution in [0.4, 0.5) is 14.5 Å². The van der Waals surface area contributed by atoms with Crippen molar-refractivity contribution >= 4 is 5.69 Å². The lowest BCUT2D eigenvalue weighted by Crippen LogP contribution is -2.38. The SMILES string of the molecule is CC1CC(C)CN(Cc2ccc([N+](=O)[O-])cc2OC(F)F)C1. The maximum atomic E-state index is 12.5. The van der Waals surface area contributed by atoms with E-state index in [-0.39, 0.29) is 11.4 Å². The van der Waals surface area contributed by atoms with Crippen molar-refractivity contribution < 1.29 is 18.4 Å². The van der Waals surface area contributed by atoms with Crippen LogP contribution in [0.1, 0.15) is 25.8 Å². The molecule has 1 fully saturated rings. The Bertz CT molecular complexity index is 530. The lowest BCUT2D eigenvalue weighted by Gasteiger charge is -2.35. The third-order valence-electron chi connectivity index (χ3n) is 3.82. The van der Waals surface area contributed by atoms with Gasteiger partial charge >= 0.3 is 6.61 Å². The standard InChI is InChI=1S/C15H20F2N2O3/c1-10-5-11(2)8-18(7-10)9-12-3-4-13(19(20)21)6-14(12)22-15(16)17/h3-4,6,10-11,15H,5,7-9H2,1-2H3. The summed E-state index contributed by atoms with van der Waals surface area (Å²) in [5.41, 5.74) is 0.298. The number of benzene rings is 1. The summed E-state index contributed by atoms with van der Waals surface area (Å²) in [5, 5.41) is 10.8. The second-order valence-electron chi connectivity index (χ2n) is 6.07. The van der Waals surface area contributed by atoms with Gasteiger partial charge < -0.3 is 4.74 Å². The molecule has 1 heterocycles. The third kappa shape index (κ3) is 4.37. The summed E-state index contributed by atoms with van der Waals surface area (Å²) in [4.78, 5) is 12.3. The molecular formula is C15H20F2N2O3. The highest BCUT2D eigenvalue weighted by Crippen LogP contribution is 2.29. The first-order valence-corrected chi connectivity index (χ1v) is 7.29. The number of nitrogens with zero attached hydrogens (tertiary/aromatic N) is 2. The molecule has 2 unspecified atom stereocenters. The van der Waals surface area contributed by atoms with Crippen LogP contribution in [-0.2, 0) is 6.54 Å². The van der Waals surface area contributed by atoms with Gasteiger partial charge in [0.25, 0.3) is 5.69 Å². The van der Waals surface area contributed by atoms with Crippen molar-refractivity contribution in [3.8, 4) is 5.75 Å². The second-order valence-corrected chi connectivity index (χ2v) is 6.07. The van der Waals surface area contributed by atoms with Crippen LogP contribution < -0.4 is 4.74 Å². The summed E-state index contributed by atoms with van der Waals surface area (Å²) in [5.74, 6) is 0.970. The topological polar surface area (TPSA) is 55.6 Å². The van der Waals surface area contributed by atoms with E-state index in [1.54, 1.807) is 0 Å². The fourth-order valence-corrected chi connectivity index (χ4v) is 3.16. The Hall–Kier alpha value is -1.76. The van der Waals surface area contributed by atoms with E-state index >= 15 is 0 Å². The molecule has 22 heavy (non-hydrogen) atoms. The normalized spacial score (nSPS) is 22.8. The molecule has 0 aromatic heterocycles. The van der Waals surface area contributed by atoms with E-state index in [1.165, 1.54) is 12.1 Å². The summed E-state index contributed by atoms with van der Waals surface area (Å²) in [6.07, 6.45) is 1.15. The Morgan fingerprint density at radius 1 is 1.36 bits per heavy atom. The molecule has 0 radical (unpaired) electrons. The Labute approximate surface area is 128 Å². The van der Waals surface area contributed by atoms with Crippen molar-refractivity contribution in [1.29, 1.82) is 0 Å². The zero-order valence-electron chi connectivity index (χ0n) is 12.7. The number of hydrogen-bond donors (Lipinski definition) is 0. The van der Waals surface area contributed by atoms with Crippen LogP contribution in [-0.4, -0.2) is 29.5 Å². The predicted molar refractivity (Wildman–Crippen MR) is 78.0 cm³/mol. The van der Waals surface area contributed by atoms with E-state index < -0.39 is 11.5 Å². The lowest BCUT2D eigenvalue weighted by atomic mass is 9.91. The number of non-ortho nitro benzene ring substituents is 1. The second kappa shape index (κ2) is 7.00. The molecule has 0 spiro atoms.